The third-order valence-corrected chi connectivity index (χ3v) is 6.54. The Morgan fingerprint density at radius 1 is 0.757 bits per heavy atom. The Morgan fingerprint density at radius 3 is 2.16 bits per heavy atom. The van der Waals surface area contributed by atoms with Gasteiger partial charge in [0.15, 0.2) is 5.84 Å². The Labute approximate surface area is 219 Å². The highest BCUT2D eigenvalue weighted by molar-refractivity contribution is 6.11. The molecule has 182 valence electrons. The molecular formula is C34H31N3. The first kappa shape index (κ1) is 24.2. The Morgan fingerprint density at radius 2 is 1.43 bits per heavy atom. The van der Waals surface area contributed by atoms with Crippen molar-refractivity contribution in [3.63, 3.8) is 0 Å². The number of rotatable bonds is 6. The van der Waals surface area contributed by atoms with Gasteiger partial charge in [0.1, 0.15) is 5.84 Å². The molecule has 1 aliphatic carbocycles. The normalized spacial score (nSPS) is 15.9. The number of aliphatic imine (C=N–C) groups is 2. The largest absolute Gasteiger partial charge is 0.383 e. The van der Waals surface area contributed by atoms with E-state index in [1.807, 2.05) is 36.4 Å². The van der Waals surface area contributed by atoms with Crippen LogP contribution in [0, 0.1) is 12.8 Å². The van der Waals surface area contributed by atoms with Gasteiger partial charge in [-0.15, -0.1) is 0 Å². The smallest absolute Gasteiger partial charge is 0.157 e. The first-order chi connectivity index (χ1) is 18.2. The van der Waals surface area contributed by atoms with E-state index in [2.05, 4.69) is 97.9 Å². The van der Waals surface area contributed by atoms with Crippen LogP contribution < -0.4 is 5.73 Å². The third-order valence-electron chi connectivity index (χ3n) is 6.54. The average Bonchev–Trinajstić information content (AvgIpc) is 2.97. The summed E-state index contributed by atoms with van der Waals surface area (Å²) >= 11 is 0. The van der Waals surface area contributed by atoms with Crippen molar-refractivity contribution in [3.05, 3.63) is 150 Å². The maximum absolute atomic E-state index is 6.56. The van der Waals surface area contributed by atoms with Gasteiger partial charge in [0.2, 0.25) is 0 Å². The minimum Gasteiger partial charge on any atom is -0.383 e. The standard InChI is InChI=1S/C34H31N3/c1-25-18-20-29(21-19-25)34(36-24-26-10-8-15-30(22-26)27-11-4-2-5-12-27)37-33(35)32-17-9-16-31(23-32)28-13-6-3-7-14-28/h2-9,11-23,26H,10,24H2,1H3,(H2,35,36,37). The summed E-state index contributed by atoms with van der Waals surface area (Å²) in [5.74, 6) is 1.42. The van der Waals surface area contributed by atoms with Crippen molar-refractivity contribution in [1.29, 1.82) is 0 Å². The summed E-state index contributed by atoms with van der Waals surface area (Å²) in [4.78, 5) is 9.84. The number of benzene rings is 4. The summed E-state index contributed by atoms with van der Waals surface area (Å²) in [5, 5.41) is 0. The Hall–Kier alpha value is -4.50. The zero-order valence-corrected chi connectivity index (χ0v) is 21.1. The lowest BCUT2D eigenvalue weighted by molar-refractivity contribution is 0.672. The molecule has 37 heavy (non-hydrogen) atoms. The quantitative estimate of drug-likeness (QED) is 0.225. The van der Waals surface area contributed by atoms with Crippen molar-refractivity contribution in [3.8, 4) is 11.1 Å². The van der Waals surface area contributed by atoms with Crippen LogP contribution in [0.1, 0.15) is 28.7 Å². The van der Waals surface area contributed by atoms with Gasteiger partial charge in [0.25, 0.3) is 0 Å². The summed E-state index contributed by atoms with van der Waals surface area (Å²) in [7, 11) is 0. The lowest BCUT2D eigenvalue weighted by Gasteiger charge is -2.16. The van der Waals surface area contributed by atoms with Crippen LogP contribution >= 0.6 is 0 Å². The summed E-state index contributed by atoms with van der Waals surface area (Å²) in [6.07, 6.45) is 7.72. The first-order valence-corrected chi connectivity index (χ1v) is 12.7. The van der Waals surface area contributed by atoms with Gasteiger partial charge in [-0.3, -0.25) is 4.99 Å². The van der Waals surface area contributed by atoms with Crippen LogP contribution in [0.15, 0.2) is 137 Å². The number of hydrogen-bond acceptors (Lipinski definition) is 1. The minimum absolute atomic E-state index is 0.304. The molecule has 0 bridgehead atoms. The van der Waals surface area contributed by atoms with Crippen LogP contribution in [0.3, 0.4) is 0 Å². The summed E-state index contributed by atoms with van der Waals surface area (Å²) in [5.41, 5.74) is 14.3. The van der Waals surface area contributed by atoms with E-state index in [9.17, 15) is 0 Å². The van der Waals surface area contributed by atoms with Crippen molar-refractivity contribution in [2.45, 2.75) is 13.3 Å². The minimum atomic E-state index is 0.304. The van der Waals surface area contributed by atoms with Crippen molar-refractivity contribution >= 4 is 17.2 Å². The lowest BCUT2D eigenvalue weighted by atomic mass is 9.92. The van der Waals surface area contributed by atoms with Gasteiger partial charge in [-0.2, -0.15) is 0 Å². The van der Waals surface area contributed by atoms with Crippen LogP contribution in [0.25, 0.3) is 16.7 Å². The van der Waals surface area contributed by atoms with E-state index in [1.165, 1.54) is 16.7 Å². The van der Waals surface area contributed by atoms with E-state index in [-0.39, 0.29) is 0 Å². The monoisotopic (exact) mass is 481 g/mol. The molecule has 2 N–H and O–H groups in total. The van der Waals surface area contributed by atoms with Gasteiger partial charge in [-0.05, 0) is 41.7 Å². The number of allylic oxidation sites excluding steroid dienone is 3. The van der Waals surface area contributed by atoms with Crippen molar-refractivity contribution < 1.29 is 0 Å². The Balaban J connectivity index is 1.44. The number of aryl methyl sites for hydroxylation is 1. The number of nitrogens with zero attached hydrogens (tertiary/aromatic N) is 2. The molecule has 5 rings (SSSR count). The molecule has 0 heterocycles. The second-order valence-electron chi connectivity index (χ2n) is 9.36. The highest BCUT2D eigenvalue weighted by Gasteiger charge is 2.12. The van der Waals surface area contributed by atoms with Gasteiger partial charge in [-0.1, -0.05) is 127 Å². The van der Waals surface area contributed by atoms with E-state index >= 15 is 0 Å². The van der Waals surface area contributed by atoms with E-state index in [1.54, 1.807) is 0 Å². The zero-order chi connectivity index (χ0) is 25.5. The second-order valence-corrected chi connectivity index (χ2v) is 9.36. The van der Waals surface area contributed by atoms with Gasteiger partial charge < -0.3 is 5.73 Å². The first-order valence-electron chi connectivity index (χ1n) is 12.7. The highest BCUT2D eigenvalue weighted by atomic mass is 15.0. The predicted octanol–water partition coefficient (Wildman–Crippen LogP) is 7.47. The fourth-order valence-electron chi connectivity index (χ4n) is 4.46. The molecule has 4 aromatic rings. The van der Waals surface area contributed by atoms with Crippen molar-refractivity contribution in [2.24, 2.45) is 21.6 Å². The molecule has 0 saturated heterocycles. The van der Waals surface area contributed by atoms with Gasteiger partial charge in [-0.25, -0.2) is 4.99 Å². The van der Waals surface area contributed by atoms with Crippen LogP contribution in [-0.4, -0.2) is 18.2 Å². The second kappa shape index (κ2) is 11.5. The molecular weight excluding hydrogens is 450 g/mol. The molecule has 0 aliphatic heterocycles. The van der Waals surface area contributed by atoms with Crippen molar-refractivity contribution in [2.75, 3.05) is 6.54 Å². The van der Waals surface area contributed by atoms with Crippen LogP contribution in [-0.2, 0) is 0 Å². The molecule has 3 nitrogen and oxygen atoms in total. The molecule has 0 radical (unpaired) electrons. The molecule has 0 aromatic heterocycles. The molecule has 0 amide bonds. The Bertz CT molecular complexity index is 1460. The lowest BCUT2D eigenvalue weighted by Crippen LogP contribution is -2.17. The highest BCUT2D eigenvalue weighted by Crippen LogP contribution is 2.25. The van der Waals surface area contributed by atoms with Gasteiger partial charge in [0, 0.05) is 23.6 Å². The topological polar surface area (TPSA) is 50.7 Å². The van der Waals surface area contributed by atoms with Crippen LogP contribution in [0.2, 0.25) is 0 Å². The fraction of sp³-hybridized carbons (Fsp3) is 0.118. The van der Waals surface area contributed by atoms with E-state index in [4.69, 9.17) is 15.7 Å². The molecule has 0 fully saturated rings. The SMILES string of the molecule is Cc1ccc(C(N=C(N)c2cccc(-c3ccccc3)c2)=NCC2C=C(c3ccccc3)C=CC2)cc1. The van der Waals surface area contributed by atoms with E-state index < -0.39 is 0 Å². The van der Waals surface area contributed by atoms with E-state index in [0.717, 1.165) is 28.7 Å². The molecule has 1 atom stereocenters. The fourth-order valence-corrected chi connectivity index (χ4v) is 4.46. The number of nitrogens with two attached hydrogens (primary N) is 1. The maximum atomic E-state index is 6.56. The zero-order valence-electron chi connectivity index (χ0n) is 21.1. The maximum Gasteiger partial charge on any atom is 0.157 e. The number of hydrogen-bond donors (Lipinski definition) is 1. The Kier molecular flexibility index (Phi) is 7.52. The average molecular weight is 482 g/mol. The van der Waals surface area contributed by atoms with Crippen LogP contribution in [0.4, 0.5) is 0 Å². The molecule has 3 heteroatoms. The summed E-state index contributed by atoms with van der Waals surface area (Å²) < 4.78 is 0. The number of amidine groups is 2. The van der Waals surface area contributed by atoms with Gasteiger partial charge >= 0.3 is 0 Å². The summed E-state index contributed by atoms with van der Waals surface area (Å²) in [6.45, 7) is 2.72. The van der Waals surface area contributed by atoms with Gasteiger partial charge in [0.05, 0.1) is 0 Å². The summed E-state index contributed by atoms with van der Waals surface area (Å²) in [6, 6.07) is 37.3. The molecule has 4 aromatic carbocycles. The molecule has 0 saturated carbocycles. The predicted molar refractivity (Wildman–Crippen MR) is 157 cm³/mol. The van der Waals surface area contributed by atoms with Crippen LogP contribution in [0.5, 0.6) is 0 Å². The van der Waals surface area contributed by atoms with Crippen molar-refractivity contribution in [1.82, 2.24) is 0 Å². The molecule has 1 aliphatic rings. The van der Waals surface area contributed by atoms with E-state index in [0.29, 0.717) is 24.1 Å². The molecule has 0 spiro atoms. The molecule has 1 unspecified atom stereocenters. The third kappa shape index (κ3) is 6.20.